The van der Waals surface area contributed by atoms with Gasteiger partial charge in [0.15, 0.2) is 0 Å². The maximum Gasteiger partial charge on any atom is 0.288 e. The lowest BCUT2D eigenvalue weighted by Crippen LogP contribution is -2.14. The Balaban J connectivity index is 3.55. The van der Waals surface area contributed by atoms with Crippen LogP contribution in [0.2, 0.25) is 0 Å². The zero-order valence-corrected chi connectivity index (χ0v) is 9.39. The Bertz CT molecular complexity index is 493. The molecule has 0 bridgehead atoms. The van der Waals surface area contributed by atoms with Crippen LogP contribution in [0.1, 0.15) is 15.9 Å². The molecule has 0 atom stereocenters. The van der Waals surface area contributed by atoms with Gasteiger partial charge < -0.3 is 5.73 Å². The van der Waals surface area contributed by atoms with Gasteiger partial charge >= 0.3 is 0 Å². The number of rotatable bonds is 2. The van der Waals surface area contributed by atoms with Crippen LogP contribution in [-0.4, -0.2) is 10.8 Å². The van der Waals surface area contributed by atoms with Crippen LogP contribution in [-0.2, 0) is 0 Å². The van der Waals surface area contributed by atoms with Gasteiger partial charge in [0.2, 0.25) is 5.91 Å². The predicted octanol–water partition coefficient (Wildman–Crippen LogP) is 1.17. The fourth-order valence-electron chi connectivity index (χ4n) is 1.01. The molecule has 0 radical (unpaired) electrons. The van der Waals surface area contributed by atoms with Crippen molar-refractivity contribution >= 4 is 34.2 Å². The minimum atomic E-state index is -0.717. The second kappa shape index (κ2) is 4.22. The van der Waals surface area contributed by atoms with Crippen molar-refractivity contribution in [2.24, 2.45) is 5.73 Å². The minimum Gasteiger partial charge on any atom is -0.366 e. The molecule has 0 fully saturated rings. The molecule has 1 rings (SSSR count). The van der Waals surface area contributed by atoms with E-state index in [4.69, 9.17) is 11.0 Å². The maximum absolute atomic E-state index is 10.9. The van der Waals surface area contributed by atoms with Crippen molar-refractivity contribution in [3.05, 3.63) is 36.9 Å². The van der Waals surface area contributed by atoms with E-state index in [9.17, 15) is 14.9 Å². The smallest absolute Gasteiger partial charge is 0.288 e. The minimum absolute atomic E-state index is 0.109. The van der Waals surface area contributed by atoms with Crippen LogP contribution in [0.15, 0.2) is 12.1 Å². The molecule has 0 saturated heterocycles. The number of hydrogen-bond acceptors (Lipinski definition) is 4. The second-order valence-electron chi connectivity index (χ2n) is 2.55. The lowest BCUT2D eigenvalue weighted by molar-refractivity contribution is -0.385. The normalized spacial score (nSPS) is 9.33. The molecule has 0 aliphatic heterocycles. The molecule has 0 spiro atoms. The standard InChI is InChI=1S/C8H4IN3O3/c9-7-4(8(11)13)1-2-6(12(14)15)5(7)3-10/h1-2H,(H2,11,13). The Morgan fingerprint density at radius 2 is 2.20 bits per heavy atom. The Morgan fingerprint density at radius 3 is 2.60 bits per heavy atom. The lowest BCUT2D eigenvalue weighted by Gasteiger charge is -2.02. The molecule has 7 heteroatoms. The molecular weight excluding hydrogens is 313 g/mol. The average molecular weight is 317 g/mol. The number of nitro benzene ring substituents is 1. The van der Waals surface area contributed by atoms with Crippen molar-refractivity contribution in [3.8, 4) is 6.07 Å². The quantitative estimate of drug-likeness (QED) is 0.501. The van der Waals surface area contributed by atoms with Gasteiger partial charge in [-0.25, -0.2) is 0 Å². The highest BCUT2D eigenvalue weighted by Gasteiger charge is 2.20. The fourth-order valence-corrected chi connectivity index (χ4v) is 1.86. The second-order valence-corrected chi connectivity index (χ2v) is 3.63. The molecule has 0 unspecified atom stereocenters. The van der Waals surface area contributed by atoms with Crippen molar-refractivity contribution in [2.45, 2.75) is 0 Å². The Morgan fingerprint density at radius 1 is 1.60 bits per heavy atom. The summed E-state index contributed by atoms with van der Waals surface area (Å²) >= 11 is 1.69. The highest BCUT2D eigenvalue weighted by molar-refractivity contribution is 14.1. The van der Waals surface area contributed by atoms with Gasteiger partial charge in [0.05, 0.1) is 14.1 Å². The Labute approximate surface area is 98.0 Å². The van der Waals surface area contributed by atoms with E-state index in [2.05, 4.69) is 0 Å². The number of nitro groups is 1. The first kappa shape index (κ1) is 11.4. The number of amides is 1. The van der Waals surface area contributed by atoms with Gasteiger partial charge in [-0.15, -0.1) is 0 Å². The van der Waals surface area contributed by atoms with Crippen LogP contribution in [0.4, 0.5) is 5.69 Å². The van der Waals surface area contributed by atoms with Crippen LogP contribution in [0.3, 0.4) is 0 Å². The number of benzene rings is 1. The van der Waals surface area contributed by atoms with Gasteiger partial charge in [-0.1, -0.05) is 0 Å². The number of nitrogens with zero attached hydrogens (tertiary/aromatic N) is 2. The van der Waals surface area contributed by atoms with Gasteiger partial charge in [0.1, 0.15) is 11.6 Å². The van der Waals surface area contributed by atoms with Crippen molar-refractivity contribution in [1.29, 1.82) is 5.26 Å². The Kier molecular flexibility index (Phi) is 3.21. The van der Waals surface area contributed by atoms with Gasteiger partial charge in [0.25, 0.3) is 5.69 Å². The molecule has 1 amide bonds. The average Bonchev–Trinajstić information content (AvgIpc) is 2.16. The summed E-state index contributed by atoms with van der Waals surface area (Å²) in [7, 11) is 0. The molecular formula is C8H4IN3O3. The van der Waals surface area contributed by atoms with Crippen LogP contribution in [0, 0.1) is 25.0 Å². The summed E-state index contributed by atoms with van der Waals surface area (Å²) in [5.41, 5.74) is 4.68. The number of halogens is 1. The molecule has 0 aliphatic rings. The first-order valence-electron chi connectivity index (χ1n) is 3.65. The SMILES string of the molecule is N#Cc1c([N+](=O)[O-])ccc(C(N)=O)c1I. The maximum atomic E-state index is 10.9. The van der Waals surface area contributed by atoms with Crippen molar-refractivity contribution in [3.63, 3.8) is 0 Å². The van der Waals surface area contributed by atoms with Gasteiger partial charge in [0, 0.05) is 6.07 Å². The number of carbonyl (C=O) groups is 1. The highest BCUT2D eigenvalue weighted by atomic mass is 127. The largest absolute Gasteiger partial charge is 0.366 e. The molecule has 2 N–H and O–H groups in total. The number of nitrogens with two attached hydrogens (primary N) is 1. The van der Waals surface area contributed by atoms with E-state index in [0.717, 1.165) is 6.07 Å². The third-order valence-electron chi connectivity index (χ3n) is 1.69. The van der Waals surface area contributed by atoms with E-state index in [1.807, 2.05) is 0 Å². The molecule has 0 aromatic heterocycles. The van der Waals surface area contributed by atoms with Crippen LogP contribution < -0.4 is 5.73 Å². The van der Waals surface area contributed by atoms with E-state index in [0.29, 0.717) is 0 Å². The molecule has 0 saturated carbocycles. The molecule has 0 aliphatic carbocycles. The monoisotopic (exact) mass is 317 g/mol. The lowest BCUT2D eigenvalue weighted by atomic mass is 10.1. The Hall–Kier alpha value is -1.69. The molecule has 76 valence electrons. The number of carbonyl (C=O) groups excluding carboxylic acids is 1. The van der Waals surface area contributed by atoms with Crippen LogP contribution >= 0.6 is 22.6 Å². The molecule has 1 aromatic rings. The zero-order chi connectivity index (χ0) is 11.6. The van der Waals surface area contributed by atoms with Crippen LogP contribution in [0.5, 0.6) is 0 Å². The molecule has 6 nitrogen and oxygen atoms in total. The van der Waals surface area contributed by atoms with Gasteiger partial charge in [-0.3, -0.25) is 14.9 Å². The number of nitriles is 1. The summed E-state index contributed by atoms with van der Waals surface area (Å²) in [6.45, 7) is 0. The van der Waals surface area contributed by atoms with Crippen molar-refractivity contribution in [1.82, 2.24) is 0 Å². The van der Waals surface area contributed by atoms with Crippen molar-refractivity contribution in [2.75, 3.05) is 0 Å². The van der Waals surface area contributed by atoms with E-state index in [1.165, 1.54) is 6.07 Å². The first-order chi connectivity index (χ1) is 6.99. The summed E-state index contributed by atoms with van der Waals surface area (Å²) in [5.74, 6) is -0.717. The third kappa shape index (κ3) is 2.04. The highest BCUT2D eigenvalue weighted by Crippen LogP contribution is 2.25. The zero-order valence-electron chi connectivity index (χ0n) is 7.23. The predicted molar refractivity (Wildman–Crippen MR) is 59.0 cm³/mol. The van der Waals surface area contributed by atoms with Gasteiger partial charge in [-0.2, -0.15) is 5.26 Å². The summed E-state index contributed by atoms with van der Waals surface area (Å²) in [4.78, 5) is 20.8. The topological polar surface area (TPSA) is 110 Å². The molecule has 15 heavy (non-hydrogen) atoms. The van der Waals surface area contributed by atoms with E-state index >= 15 is 0 Å². The molecule has 1 aromatic carbocycles. The van der Waals surface area contributed by atoms with Crippen LogP contribution in [0.25, 0.3) is 0 Å². The number of primary amides is 1. The summed E-state index contributed by atoms with van der Waals surface area (Å²) in [5, 5.41) is 19.3. The number of hydrogen-bond donors (Lipinski definition) is 1. The van der Waals surface area contributed by atoms with E-state index in [1.54, 1.807) is 28.7 Å². The fraction of sp³-hybridized carbons (Fsp3) is 0. The van der Waals surface area contributed by atoms with Crippen molar-refractivity contribution < 1.29 is 9.72 Å². The first-order valence-corrected chi connectivity index (χ1v) is 4.73. The van der Waals surface area contributed by atoms with Gasteiger partial charge in [-0.05, 0) is 28.7 Å². The summed E-state index contributed by atoms with van der Waals surface area (Å²) in [6, 6.07) is 4.02. The summed E-state index contributed by atoms with van der Waals surface area (Å²) < 4.78 is 0.205. The molecule has 0 heterocycles. The third-order valence-corrected chi connectivity index (χ3v) is 2.81. The summed E-state index contributed by atoms with van der Waals surface area (Å²) in [6.07, 6.45) is 0. The van der Waals surface area contributed by atoms with E-state index in [-0.39, 0.29) is 20.4 Å². The van der Waals surface area contributed by atoms with E-state index < -0.39 is 10.8 Å².